The minimum absolute atomic E-state index is 0.258. The fourth-order valence-electron chi connectivity index (χ4n) is 3.32. The van der Waals surface area contributed by atoms with Gasteiger partial charge in [-0.1, -0.05) is 43.8 Å². The molecule has 2 aliphatic rings. The van der Waals surface area contributed by atoms with Crippen molar-refractivity contribution in [3.8, 4) is 0 Å². The molecule has 0 unspecified atom stereocenters. The van der Waals surface area contributed by atoms with E-state index in [0.29, 0.717) is 22.9 Å². The van der Waals surface area contributed by atoms with Crippen molar-refractivity contribution in [1.29, 1.82) is 0 Å². The molecule has 2 N–H and O–H groups in total. The fraction of sp³-hybridized carbons (Fsp3) is 0.250. The Morgan fingerprint density at radius 1 is 1.15 bits per heavy atom. The number of imide groups is 1. The predicted molar refractivity (Wildman–Crippen MR) is 102 cm³/mol. The first-order valence-corrected chi connectivity index (χ1v) is 9.45. The summed E-state index contributed by atoms with van der Waals surface area (Å²) in [4.78, 5) is 31.8. The van der Waals surface area contributed by atoms with Crippen molar-refractivity contribution in [1.82, 2.24) is 4.98 Å². The van der Waals surface area contributed by atoms with Crippen LogP contribution in [0.3, 0.4) is 0 Å². The zero-order chi connectivity index (χ0) is 18.4. The number of hydrogen-bond acceptors (Lipinski definition) is 5. The van der Waals surface area contributed by atoms with Gasteiger partial charge >= 0.3 is 0 Å². The maximum atomic E-state index is 12.9. The van der Waals surface area contributed by atoms with E-state index in [9.17, 15) is 9.59 Å². The third-order valence-electron chi connectivity index (χ3n) is 4.50. The van der Waals surface area contributed by atoms with Crippen LogP contribution in [0.25, 0.3) is 5.70 Å². The molecular weight excluding hydrogens is 346 g/mol. The highest BCUT2D eigenvalue weighted by Crippen LogP contribution is 2.44. The molecule has 1 saturated heterocycles. The number of anilines is 1. The van der Waals surface area contributed by atoms with Gasteiger partial charge < -0.3 is 5.73 Å². The summed E-state index contributed by atoms with van der Waals surface area (Å²) in [5.74, 6) is -0.111. The second-order valence-corrected chi connectivity index (χ2v) is 7.99. The summed E-state index contributed by atoms with van der Waals surface area (Å²) in [6.45, 7) is 4.27. The van der Waals surface area contributed by atoms with Crippen LogP contribution in [0.4, 0.5) is 5.69 Å². The van der Waals surface area contributed by atoms with Gasteiger partial charge in [0.15, 0.2) is 0 Å². The van der Waals surface area contributed by atoms with Crippen LogP contribution in [0.1, 0.15) is 25.1 Å². The Morgan fingerprint density at radius 3 is 2.58 bits per heavy atom. The van der Waals surface area contributed by atoms with E-state index in [1.807, 2.05) is 18.2 Å². The number of para-hydroxylation sites is 1. The van der Waals surface area contributed by atoms with Gasteiger partial charge in [-0.15, -0.1) is 0 Å². The van der Waals surface area contributed by atoms with E-state index in [4.69, 9.17) is 5.73 Å². The first kappa shape index (κ1) is 16.8. The number of aromatic nitrogens is 1. The van der Waals surface area contributed by atoms with E-state index < -0.39 is 5.25 Å². The van der Waals surface area contributed by atoms with Gasteiger partial charge in [-0.3, -0.25) is 9.59 Å². The molecule has 4 rings (SSSR count). The van der Waals surface area contributed by atoms with Crippen LogP contribution < -0.4 is 10.6 Å². The number of nitrogens with two attached hydrogens (primary N) is 1. The number of carbonyl (C=O) groups is 2. The minimum atomic E-state index is -0.628. The topological polar surface area (TPSA) is 76.3 Å². The Kier molecular flexibility index (Phi) is 4.07. The first-order chi connectivity index (χ1) is 12.5. The van der Waals surface area contributed by atoms with Gasteiger partial charge in [0.25, 0.3) is 11.8 Å². The van der Waals surface area contributed by atoms with E-state index in [2.05, 4.69) is 18.8 Å². The molecule has 3 heterocycles. The number of pyridine rings is 1. The molecular formula is C20H19N3O2S. The molecule has 6 heteroatoms. The lowest BCUT2D eigenvalue weighted by atomic mass is 10.0. The van der Waals surface area contributed by atoms with Crippen LogP contribution in [0.15, 0.2) is 53.1 Å². The maximum Gasteiger partial charge on any atom is 0.264 e. The van der Waals surface area contributed by atoms with E-state index in [1.54, 1.807) is 24.3 Å². The number of amides is 2. The van der Waals surface area contributed by atoms with Crippen LogP contribution in [-0.4, -0.2) is 22.0 Å². The van der Waals surface area contributed by atoms with Crippen LogP contribution in [0.2, 0.25) is 0 Å². The normalized spacial score (nSPS) is 19.2. The van der Waals surface area contributed by atoms with Crippen LogP contribution in [0, 0.1) is 5.92 Å². The van der Waals surface area contributed by atoms with Crippen molar-refractivity contribution in [3.05, 3.63) is 59.3 Å². The number of rotatable bonds is 3. The van der Waals surface area contributed by atoms with Crippen molar-refractivity contribution >= 4 is 35.0 Å². The monoisotopic (exact) mass is 365 g/mol. The molecule has 2 amide bonds. The molecule has 0 spiro atoms. The molecule has 2 aromatic rings. The van der Waals surface area contributed by atoms with Crippen molar-refractivity contribution in [2.45, 2.75) is 30.5 Å². The van der Waals surface area contributed by atoms with Crippen molar-refractivity contribution in [2.75, 3.05) is 4.90 Å². The zero-order valence-corrected chi connectivity index (χ0v) is 15.4. The number of carbonyl (C=O) groups excluding carboxylic acids is 2. The molecule has 1 fully saturated rings. The smallest absolute Gasteiger partial charge is 0.264 e. The molecule has 1 atom stereocenters. The molecule has 2 aliphatic heterocycles. The Hall–Kier alpha value is -2.60. The Morgan fingerprint density at radius 2 is 1.88 bits per heavy atom. The summed E-state index contributed by atoms with van der Waals surface area (Å²) >= 11 is 1.32. The molecule has 132 valence electrons. The quantitative estimate of drug-likeness (QED) is 0.846. The average Bonchev–Trinajstić information content (AvgIpc) is 2.86. The largest absolute Gasteiger partial charge is 0.398 e. The average molecular weight is 365 g/mol. The number of thioether (sulfide) groups is 1. The van der Waals surface area contributed by atoms with E-state index >= 15 is 0 Å². The maximum absolute atomic E-state index is 12.9. The van der Waals surface area contributed by atoms with Gasteiger partial charge in [-0.2, -0.15) is 0 Å². The molecule has 0 saturated carbocycles. The molecule has 0 radical (unpaired) electrons. The van der Waals surface area contributed by atoms with Gasteiger partial charge in [0.2, 0.25) is 0 Å². The number of hydrogen-bond donors (Lipinski definition) is 1. The van der Waals surface area contributed by atoms with E-state index in [1.165, 1.54) is 16.7 Å². The second kappa shape index (κ2) is 6.29. The lowest BCUT2D eigenvalue weighted by molar-refractivity contribution is -0.120. The third kappa shape index (κ3) is 2.61. The predicted octanol–water partition coefficient (Wildman–Crippen LogP) is 3.00. The van der Waals surface area contributed by atoms with Crippen molar-refractivity contribution in [2.24, 2.45) is 11.7 Å². The van der Waals surface area contributed by atoms with Gasteiger partial charge in [0.05, 0.1) is 17.0 Å². The Bertz CT molecular complexity index is 937. The summed E-state index contributed by atoms with van der Waals surface area (Å²) in [6.07, 6.45) is 0.859. The number of fused-ring (bicyclic) bond motifs is 2. The summed E-state index contributed by atoms with van der Waals surface area (Å²) in [6, 6.07) is 12.8. The summed E-state index contributed by atoms with van der Waals surface area (Å²) in [5, 5.41) is 0.0995. The highest BCUT2D eigenvalue weighted by Gasteiger charge is 2.48. The standard InChI is InChI=1S/C20H19N3O2S/c1-11(2)10-12-8-9-14-16(21)15-17(26-18(14)22-12)20(25)23(19(15)24)13-6-4-3-5-7-13/h3-9,11,17H,10,21H2,1-2H3/t17-/m1/s1. The SMILES string of the molecule is CC(C)Cc1ccc2c(n1)S[C@H]1C(=O)N(c3ccccc3)C(=O)C1=C2N. The number of benzene rings is 1. The fourth-order valence-corrected chi connectivity index (χ4v) is 4.57. The lowest BCUT2D eigenvalue weighted by Crippen LogP contribution is -2.31. The third-order valence-corrected chi connectivity index (χ3v) is 5.71. The number of nitrogens with zero attached hydrogens (tertiary/aromatic N) is 2. The highest BCUT2D eigenvalue weighted by molar-refractivity contribution is 8.01. The molecule has 26 heavy (non-hydrogen) atoms. The molecule has 0 aliphatic carbocycles. The van der Waals surface area contributed by atoms with Crippen molar-refractivity contribution < 1.29 is 9.59 Å². The van der Waals surface area contributed by atoms with Gasteiger partial charge in [0, 0.05) is 11.3 Å². The lowest BCUT2D eigenvalue weighted by Gasteiger charge is -2.20. The van der Waals surface area contributed by atoms with E-state index in [0.717, 1.165) is 22.7 Å². The Labute approximate surface area is 156 Å². The van der Waals surface area contributed by atoms with Crippen LogP contribution >= 0.6 is 11.8 Å². The molecule has 0 bridgehead atoms. The van der Waals surface area contributed by atoms with Crippen LogP contribution in [0.5, 0.6) is 0 Å². The summed E-state index contributed by atoms with van der Waals surface area (Å²) in [7, 11) is 0. The van der Waals surface area contributed by atoms with Gasteiger partial charge in [-0.05, 0) is 36.6 Å². The second-order valence-electron chi connectivity index (χ2n) is 6.89. The summed E-state index contributed by atoms with van der Waals surface area (Å²) in [5.41, 5.74) is 9.31. The minimum Gasteiger partial charge on any atom is -0.398 e. The van der Waals surface area contributed by atoms with Gasteiger partial charge in [-0.25, -0.2) is 9.88 Å². The molecule has 5 nitrogen and oxygen atoms in total. The Balaban J connectivity index is 1.76. The zero-order valence-electron chi connectivity index (χ0n) is 14.6. The first-order valence-electron chi connectivity index (χ1n) is 8.57. The molecule has 1 aromatic heterocycles. The van der Waals surface area contributed by atoms with Gasteiger partial charge in [0.1, 0.15) is 10.3 Å². The van der Waals surface area contributed by atoms with E-state index in [-0.39, 0.29) is 11.8 Å². The highest BCUT2D eigenvalue weighted by atomic mass is 32.2. The summed E-state index contributed by atoms with van der Waals surface area (Å²) < 4.78 is 0. The van der Waals surface area contributed by atoms with Crippen molar-refractivity contribution in [3.63, 3.8) is 0 Å². The molecule has 1 aromatic carbocycles. The van der Waals surface area contributed by atoms with Crippen LogP contribution in [-0.2, 0) is 16.0 Å².